The van der Waals surface area contributed by atoms with Crippen LogP contribution in [0, 0.1) is 0 Å². The number of thioether (sulfide) groups is 1. The number of aliphatic hydroxyl groups excluding tert-OH is 1. The zero-order valence-electron chi connectivity index (χ0n) is 13.9. The number of rotatable bonds is 7. The summed E-state index contributed by atoms with van der Waals surface area (Å²) >= 11 is 0.888. The number of aliphatic hydroxyl groups is 1. The first-order valence-electron chi connectivity index (χ1n) is 8.03. The molecule has 0 radical (unpaired) electrons. The van der Waals surface area contributed by atoms with Gasteiger partial charge in [0.2, 0.25) is 11.8 Å². The predicted octanol–water partition coefficient (Wildman–Crippen LogP) is 2.05. The number of amides is 3. The number of likely N-dealkylation sites (N-methyl/N-ethyl adjacent to an activating group) is 1. The number of hydrogen-bond donors (Lipinski definition) is 1. The lowest BCUT2D eigenvalue weighted by Crippen LogP contribution is -2.37. The van der Waals surface area contributed by atoms with Crippen LogP contribution in [0.1, 0.15) is 25.8 Å². The van der Waals surface area contributed by atoms with Crippen molar-refractivity contribution < 1.29 is 19.5 Å². The third kappa shape index (κ3) is 3.96. The first-order chi connectivity index (χ1) is 11.5. The maximum Gasteiger partial charge on any atom is 0.293 e. The van der Waals surface area contributed by atoms with Gasteiger partial charge in [-0.15, -0.1) is 0 Å². The van der Waals surface area contributed by atoms with Crippen molar-refractivity contribution in [2.45, 2.75) is 31.9 Å². The summed E-state index contributed by atoms with van der Waals surface area (Å²) in [6, 6.07) is 7.28. The lowest BCUT2D eigenvalue weighted by Gasteiger charge is -2.20. The first kappa shape index (κ1) is 18.5. The number of hydrogen-bond acceptors (Lipinski definition) is 5. The maximum absolute atomic E-state index is 12.5. The number of benzene rings is 1. The molecule has 0 aromatic heterocycles. The van der Waals surface area contributed by atoms with Gasteiger partial charge in [0.25, 0.3) is 5.24 Å². The molecule has 1 N–H and O–H groups in total. The Morgan fingerprint density at radius 1 is 1.25 bits per heavy atom. The minimum absolute atomic E-state index is 0.0351. The Kier molecular flexibility index (Phi) is 6.39. The molecule has 0 aliphatic carbocycles. The minimum Gasteiger partial charge on any atom is -0.395 e. The van der Waals surface area contributed by atoms with Crippen molar-refractivity contribution in [3.05, 3.63) is 29.8 Å². The second-order valence-electron chi connectivity index (χ2n) is 5.47. The van der Waals surface area contributed by atoms with E-state index in [-0.39, 0.29) is 36.6 Å². The topological polar surface area (TPSA) is 77.9 Å². The Bertz CT molecular complexity index is 618. The second kappa shape index (κ2) is 8.30. The molecule has 1 aliphatic heterocycles. The summed E-state index contributed by atoms with van der Waals surface area (Å²) in [5, 5.41) is 7.92. The normalized spacial score (nSPS) is 17.5. The summed E-state index contributed by atoms with van der Waals surface area (Å²) in [6.07, 6.45) is 0.846. The van der Waals surface area contributed by atoms with Crippen molar-refractivity contribution in [3.8, 4) is 0 Å². The number of anilines is 1. The van der Waals surface area contributed by atoms with Gasteiger partial charge in [-0.2, -0.15) is 0 Å². The van der Waals surface area contributed by atoms with Crippen LogP contribution in [0.4, 0.5) is 10.5 Å². The van der Waals surface area contributed by atoms with Gasteiger partial charge in [-0.1, -0.05) is 19.1 Å². The SMILES string of the molecule is CCc1ccc(N2C(=O)SC(CC(=O)N(CC)CCO)C2=O)cc1. The minimum atomic E-state index is -0.705. The smallest absolute Gasteiger partial charge is 0.293 e. The molecule has 1 aromatic carbocycles. The number of carbonyl (C=O) groups is 3. The van der Waals surface area contributed by atoms with E-state index in [1.807, 2.05) is 26.0 Å². The monoisotopic (exact) mass is 350 g/mol. The van der Waals surface area contributed by atoms with Crippen LogP contribution in [0.2, 0.25) is 0 Å². The highest BCUT2D eigenvalue weighted by molar-refractivity contribution is 8.15. The van der Waals surface area contributed by atoms with Crippen molar-refractivity contribution in [2.75, 3.05) is 24.6 Å². The van der Waals surface area contributed by atoms with Crippen LogP contribution in [0.3, 0.4) is 0 Å². The van der Waals surface area contributed by atoms with E-state index >= 15 is 0 Å². The van der Waals surface area contributed by atoms with Gasteiger partial charge >= 0.3 is 0 Å². The van der Waals surface area contributed by atoms with Gasteiger partial charge in [0.1, 0.15) is 5.25 Å². The Labute approximate surface area is 145 Å². The highest BCUT2D eigenvalue weighted by Crippen LogP contribution is 2.33. The molecule has 7 heteroatoms. The molecular formula is C17H22N2O4S. The number of carbonyl (C=O) groups excluding carboxylic acids is 3. The van der Waals surface area contributed by atoms with Gasteiger partial charge in [0.05, 0.1) is 12.3 Å². The molecule has 0 spiro atoms. The van der Waals surface area contributed by atoms with Crippen LogP contribution >= 0.6 is 11.8 Å². The zero-order chi connectivity index (χ0) is 17.7. The fraction of sp³-hybridized carbons (Fsp3) is 0.471. The van der Waals surface area contributed by atoms with Gasteiger partial charge in [-0.05, 0) is 42.8 Å². The van der Waals surface area contributed by atoms with E-state index in [1.165, 1.54) is 4.90 Å². The highest BCUT2D eigenvalue weighted by atomic mass is 32.2. The van der Waals surface area contributed by atoms with Gasteiger partial charge < -0.3 is 10.0 Å². The average molecular weight is 350 g/mol. The number of nitrogens with zero attached hydrogens (tertiary/aromatic N) is 2. The molecule has 24 heavy (non-hydrogen) atoms. The molecule has 1 fully saturated rings. The molecule has 2 rings (SSSR count). The Morgan fingerprint density at radius 2 is 1.92 bits per heavy atom. The molecule has 130 valence electrons. The predicted molar refractivity (Wildman–Crippen MR) is 94.0 cm³/mol. The molecule has 1 aromatic rings. The maximum atomic E-state index is 12.5. The van der Waals surface area contributed by atoms with Gasteiger partial charge in [-0.3, -0.25) is 14.4 Å². The Morgan fingerprint density at radius 3 is 2.46 bits per heavy atom. The van der Waals surface area contributed by atoms with Crippen LogP contribution in [0.5, 0.6) is 0 Å². The molecule has 1 atom stereocenters. The molecule has 1 aliphatic rings. The van der Waals surface area contributed by atoms with E-state index in [9.17, 15) is 14.4 Å². The summed E-state index contributed by atoms with van der Waals surface area (Å²) in [4.78, 5) is 39.6. The van der Waals surface area contributed by atoms with E-state index in [2.05, 4.69) is 0 Å². The quantitative estimate of drug-likeness (QED) is 0.814. The fourth-order valence-electron chi connectivity index (χ4n) is 2.57. The third-order valence-electron chi connectivity index (χ3n) is 3.99. The van der Waals surface area contributed by atoms with Crippen molar-refractivity contribution in [3.63, 3.8) is 0 Å². The van der Waals surface area contributed by atoms with Crippen LogP contribution in [0.25, 0.3) is 0 Å². The summed E-state index contributed by atoms with van der Waals surface area (Å²) in [5.41, 5.74) is 1.66. The molecule has 1 unspecified atom stereocenters. The summed E-state index contributed by atoms with van der Waals surface area (Å²) in [5.74, 6) is -0.587. The van der Waals surface area contributed by atoms with Crippen molar-refractivity contribution >= 4 is 34.5 Å². The van der Waals surface area contributed by atoms with Crippen molar-refractivity contribution in [1.29, 1.82) is 0 Å². The Hall–Kier alpha value is -1.86. The first-order valence-corrected chi connectivity index (χ1v) is 8.91. The summed E-state index contributed by atoms with van der Waals surface area (Å²) < 4.78 is 0. The van der Waals surface area contributed by atoms with Gasteiger partial charge in [-0.25, -0.2) is 4.90 Å². The van der Waals surface area contributed by atoms with Crippen LogP contribution in [-0.4, -0.2) is 52.0 Å². The van der Waals surface area contributed by atoms with Crippen molar-refractivity contribution in [1.82, 2.24) is 4.90 Å². The lowest BCUT2D eigenvalue weighted by molar-refractivity contribution is -0.133. The second-order valence-corrected chi connectivity index (χ2v) is 6.62. The van der Waals surface area contributed by atoms with Crippen LogP contribution in [0.15, 0.2) is 24.3 Å². The Balaban J connectivity index is 2.09. The number of imide groups is 1. The van der Waals surface area contributed by atoms with E-state index in [0.29, 0.717) is 12.2 Å². The van der Waals surface area contributed by atoms with E-state index in [4.69, 9.17) is 5.11 Å². The molecule has 3 amide bonds. The van der Waals surface area contributed by atoms with E-state index in [0.717, 1.165) is 28.6 Å². The van der Waals surface area contributed by atoms with Crippen LogP contribution in [-0.2, 0) is 16.0 Å². The molecule has 0 saturated carbocycles. The number of aryl methyl sites for hydroxylation is 1. The molecule has 1 saturated heterocycles. The van der Waals surface area contributed by atoms with Crippen LogP contribution < -0.4 is 4.90 Å². The molecule has 6 nitrogen and oxygen atoms in total. The summed E-state index contributed by atoms with van der Waals surface area (Å²) in [7, 11) is 0. The van der Waals surface area contributed by atoms with Crippen molar-refractivity contribution in [2.24, 2.45) is 0 Å². The zero-order valence-corrected chi connectivity index (χ0v) is 14.7. The standard InChI is InChI=1S/C17H22N2O4S/c1-3-12-5-7-13(8-6-12)19-16(22)14(24-17(19)23)11-15(21)18(4-2)9-10-20/h5-8,14,20H,3-4,9-11H2,1-2H3. The molecule has 1 heterocycles. The summed E-state index contributed by atoms with van der Waals surface area (Å²) in [6.45, 7) is 4.41. The highest BCUT2D eigenvalue weighted by Gasteiger charge is 2.41. The molecule has 0 bridgehead atoms. The largest absolute Gasteiger partial charge is 0.395 e. The lowest BCUT2D eigenvalue weighted by atomic mass is 10.1. The third-order valence-corrected chi connectivity index (χ3v) is 5.03. The van der Waals surface area contributed by atoms with E-state index in [1.54, 1.807) is 12.1 Å². The van der Waals surface area contributed by atoms with Gasteiger partial charge in [0.15, 0.2) is 0 Å². The average Bonchev–Trinajstić information content (AvgIpc) is 2.86. The van der Waals surface area contributed by atoms with E-state index < -0.39 is 5.25 Å². The fourth-order valence-corrected chi connectivity index (χ4v) is 3.55. The molecular weight excluding hydrogens is 328 g/mol. The van der Waals surface area contributed by atoms with Gasteiger partial charge in [0, 0.05) is 19.5 Å².